The zero-order valence-electron chi connectivity index (χ0n) is 18.5. The molecule has 1 saturated heterocycles. The van der Waals surface area contributed by atoms with Crippen LogP contribution in [0.4, 0.5) is 4.39 Å². The number of halogens is 1. The van der Waals surface area contributed by atoms with Gasteiger partial charge < -0.3 is 19.7 Å². The molecule has 1 fully saturated rings. The van der Waals surface area contributed by atoms with E-state index in [1.807, 2.05) is 14.0 Å². The molecular weight excluding hydrogens is 415 g/mol. The van der Waals surface area contributed by atoms with Crippen LogP contribution in [0.25, 0.3) is 0 Å². The van der Waals surface area contributed by atoms with E-state index in [1.165, 1.54) is 24.3 Å². The molecule has 0 bridgehead atoms. The van der Waals surface area contributed by atoms with E-state index < -0.39 is 0 Å². The Morgan fingerprint density at radius 2 is 1.97 bits per heavy atom. The number of fused-ring (bicyclic) bond motifs is 1. The minimum absolute atomic E-state index is 0.0817. The third-order valence-corrected chi connectivity index (χ3v) is 6.24. The summed E-state index contributed by atoms with van der Waals surface area (Å²) in [5.41, 5.74) is 1.97. The van der Waals surface area contributed by atoms with Gasteiger partial charge in [-0.3, -0.25) is 14.3 Å². The SMILES string of the molecule is CCCNC(=O)c1nn(C)c2c1COC1(CCN(C(=O)COc3ccc(F)cc3)CC1)C2. The number of amides is 2. The highest BCUT2D eigenvalue weighted by atomic mass is 19.1. The highest BCUT2D eigenvalue weighted by Gasteiger charge is 2.42. The van der Waals surface area contributed by atoms with Crippen molar-refractivity contribution in [1.82, 2.24) is 20.0 Å². The second-order valence-corrected chi connectivity index (χ2v) is 8.43. The Labute approximate surface area is 186 Å². The molecule has 0 atom stereocenters. The van der Waals surface area contributed by atoms with Gasteiger partial charge in [0.25, 0.3) is 11.8 Å². The zero-order valence-corrected chi connectivity index (χ0v) is 18.5. The van der Waals surface area contributed by atoms with Crippen molar-refractivity contribution >= 4 is 11.8 Å². The Balaban J connectivity index is 1.34. The van der Waals surface area contributed by atoms with Crippen LogP contribution in [0.1, 0.15) is 47.9 Å². The molecule has 1 aromatic heterocycles. The number of likely N-dealkylation sites (tertiary alicyclic amines) is 1. The normalized spacial score (nSPS) is 17.2. The lowest BCUT2D eigenvalue weighted by molar-refractivity contribution is -0.143. The second kappa shape index (κ2) is 9.28. The van der Waals surface area contributed by atoms with Crippen LogP contribution in [-0.4, -0.2) is 58.3 Å². The molecule has 2 aromatic rings. The van der Waals surface area contributed by atoms with Gasteiger partial charge in [-0.15, -0.1) is 0 Å². The first-order valence-electron chi connectivity index (χ1n) is 11.0. The Morgan fingerprint density at radius 3 is 2.66 bits per heavy atom. The Kier molecular flexibility index (Phi) is 6.45. The molecule has 172 valence electrons. The minimum atomic E-state index is -0.355. The number of piperidine rings is 1. The van der Waals surface area contributed by atoms with E-state index in [-0.39, 0.29) is 29.8 Å². The van der Waals surface area contributed by atoms with Gasteiger partial charge in [-0.05, 0) is 43.5 Å². The highest BCUT2D eigenvalue weighted by Crippen LogP contribution is 2.37. The summed E-state index contributed by atoms with van der Waals surface area (Å²) in [6.07, 6.45) is 2.94. The summed E-state index contributed by atoms with van der Waals surface area (Å²) < 4.78 is 26.5. The number of hydrogen-bond donors (Lipinski definition) is 1. The fraction of sp³-hybridized carbons (Fsp3) is 0.522. The van der Waals surface area contributed by atoms with Crippen LogP contribution in [0.2, 0.25) is 0 Å². The third kappa shape index (κ3) is 4.62. The topological polar surface area (TPSA) is 85.7 Å². The quantitative estimate of drug-likeness (QED) is 0.739. The molecule has 3 heterocycles. The molecule has 4 rings (SSSR count). The molecule has 1 N–H and O–H groups in total. The maximum Gasteiger partial charge on any atom is 0.272 e. The van der Waals surface area contributed by atoms with E-state index in [1.54, 1.807) is 9.58 Å². The smallest absolute Gasteiger partial charge is 0.272 e. The van der Waals surface area contributed by atoms with Gasteiger partial charge in [0.15, 0.2) is 12.3 Å². The lowest BCUT2D eigenvalue weighted by atomic mass is 9.83. The van der Waals surface area contributed by atoms with E-state index in [0.29, 0.717) is 56.9 Å². The summed E-state index contributed by atoms with van der Waals surface area (Å²) in [6.45, 7) is 4.03. The van der Waals surface area contributed by atoms with Crippen molar-refractivity contribution in [2.75, 3.05) is 26.2 Å². The predicted octanol–water partition coefficient (Wildman–Crippen LogP) is 2.21. The number of carbonyl (C=O) groups is 2. The number of carbonyl (C=O) groups excluding carboxylic acids is 2. The summed E-state index contributed by atoms with van der Waals surface area (Å²) in [4.78, 5) is 26.8. The van der Waals surface area contributed by atoms with Gasteiger partial charge in [0.05, 0.1) is 12.2 Å². The number of rotatable bonds is 6. The second-order valence-electron chi connectivity index (χ2n) is 8.43. The minimum Gasteiger partial charge on any atom is -0.484 e. The molecule has 0 unspecified atom stereocenters. The lowest BCUT2D eigenvalue weighted by Crippen LogP contribution is -2.51. The molecule has 1 spiro atoms. The molecule has 2 aliphatic rings. The standard InChI is InChI=1S/C23H29FN4O4/c1-3-10-25-22(30)21-18-14-32-23(13-19(18)27(2)26-21)8-11-28(12-9-23)20(29)15-31-17-6-4-16(24)5-7-17/h4-7H,3,8-15H2,1-2H3,(H,25,30). The number of benzene rings is 1. The number of nitrogens with one attached hydrogen (secondary N) is 1. The molecule has 2 aliphatic heterocycles. The van der Waals surface area contributed by atoms with Gasteiger partial charge in [0, 0.05) is 44.4 Å². The van der Waals surface area contributed by atoms with Crippen LogP contribution in [0, 0.1) is 5.82 Å². The Bertz CT molecular complexity index is 981. The van der Waals surface area contributed by atoms with Gasteiger partial charge in [-0.1, -0.05) is 6.92 Å². The fourth-order valence-corrected chi connectivity index (χ4v) is 4.31. The van der Waals surface area contributed by atoms with Crippen molar-refractivity contribution in [3.63, 3.8) is 0 Å². The molecule has 0 aliphatic carbocycles. The summed E-state index contributed by atoms with van der Waals surface area (Å²) in [6, 6.07) is 5.62. The van der Waals surface area contributed by atoms with Gasteiger partial charge in [0.2, 0.25) is 0 Å². The molecular formula is C23H29FN4O4. The van der Waals surface area contributed by atoms with E-state index in [4.69, 9.17) is 9.47 Å². The number of hydrogen-bond acceptors (Lipinski definition) is 5. The maximum absolute atomic E-state index is 13.0. The van der Waals surface area contributed by atoms with Gasteiger partial charge >= 0.3 is 0 Å². The summed E-state index contributed by atoms with van der Waals surface area (Å²) in [5.74, 6) is -0.143. The number of aryl methyl sites for hydroxylation is 1. The van der Waals surface area contributed by atoms with Gasteiger partial charge in [0.1, 0.15) is 11.6 Å². The molecule has 0 saturated carbocycles. The van der Waals surface area contributed by atoms with E-state index in [0.717, 1.165) is 17.7 Å². The lowest BCUT2D eigenvalue weighted by Gasteiger charge is -2.43. The van der Waals surface area contributed by atoms with E-state index in [2.05, 4.69) is 10.4 Å². The zero-order chi connectivity index (χ0) is 22.7. The van der Waals surface area contributed by atoms with Crippen LogP contribution >= 0.6 is 0 Å². The van der Waals surface area contributed by atoms with Crippen LogP contribution in [0.3, 0.4) is 0 Å². The van der Waals surface area contributed by atoms with E-state index >= 15 is 0 Å². The number of ether oxygens (including phenoxy) is 2. The van der Waals surface area contributed by atoms with Gasteiger partial charge in [-0.2, -0.15) is 5.10 Å². The highest BCUT2D eigenvalue weighted by molar-refractivity contribution is 5.94. The molecule has 1 aromatic carbocycles. The Morgan fingerprint density at radius 1 is 1.25 bits per heavy atom. The van der Waals surface area contributed by atoms with E-state index in [9.17, 15) is 14.0 Å². The monoisotopic (exact) mass is 444 g/mol. The molecule has 9 heteroatoms. The summed E-state index contributed by atoms with van der Waals surface area (Å²) >= 11 is 0. The average molecular weight is 445 g/mol. The largest absolute Gasteiger partial charge is 0.484 e. The fourth-order valence-electron chi connectivity index (χ4n) is 4.31. The molecule has 2 amide bonds. The average Bonchev–Trinajstić information content (AvgIpc) is 3.13. The van der Waals surface area contributed by atoms with Crippen molar-refractivity contribution in [3.8, 4) is 5.75 Å². The summed E-state index contributed by atoms with van der Waals surface area (Å²) in [5, 5.41) is 7.33. The summed E-state index contributed by atoms with van der Waals surface area (Å²) in [7, 11) is 1.86. The van der Waals surface area contributed by atoms with Crippen LogP contribution in [-0.2, 0) is 29.6 Å². The van der Waals surface area contributed by atoms with Crippen molar-refractivity contribution < 1.29 is 23.5 Å². The van der Waals surface area contributed by atoms with Crippen molar-refractivity contribution in [3.05, 3.63) is 47.0 Å². The first-order valence-corrected chi connectivity index (χ1v) is 11.0. The van der Waals surface area contributed by atoms with Crippen molar-refractivity contribution in [1.29, 1.82) is 0 Å². The van der Waals surface area contributed by atoms with Gasteiger partial charge in [-0.25, -0.2) is 4.39 Å². The van der Waals surface area contributed by atoms with Crippen LogP contribution < -0.4 is 10.1 Å². The number of aromatic nitrogens is 2. The van der Waals surface area contributed by atoms with Crippen molar-refractivity contribution in [2.24, 2.45) is 7.05 Å². The van der Waals surface area contributed by atoms with Crippen LogP contribution in [0.15, 0.2) is 24.3 Å². The molecule has 8 nitrogen and oxygen atoms in total. The molecule has 32 heavy (non-hydrogen) atoms. The Hall–Kier alpha value is -2.94. The number of nitrogens with zero attached hydrogens (tertiary/aromatic N) is 3. The predicted molar refractivity (Wildman–Crippen MR) is 115 cm³/mol. The molecule has 0 radical (unpaired) electrons. The van der Waals surface area contributed by atoms with Crippen molar-refractivity contribution in [2.45, 2.75) is 44.8 Å². The van der Waals surface area contributed by atoms with Crippen LogP contribution in [0.5, 0.6) is 5.75 Å². The first kappa shape index (κ1) is 22.3. The third-order valence-electron chi connectivity index (χ3n) is 6.24. The first-order chi connectivity index (χ1) is 15.4. The maximum atomic E-state index is 13.0.